The highest BCUT2D eigenvalue weighted by atomic mass is 32.1. The molecule has 0 fully saturated rings. The third-order valence-corrected chi connectivity index (χ3v) is 2.45. The molecule has 0 aromatic carbocycles. The second-order valence-corrected chi connectivity index (χ2v) is 4.03. The van der Waals surface area contributed by atoms with Crippen molar-refractivity contribution in [2.45, 2.75) is 13.3 Å². The number of carbonyl (C=O) groups excluding carboxylic acids is 1. The third kappa shape index (κ3) is 3.30. The fourth-order valence-electron chi connectivity index (χ4n) is 1.36. The number of hydrogen-bond acceptors (Lipinski definition) is 3. The van der Waals surface area contributed by atoms with Crippen LogP contribution in [0.4, 0.5) is 0 Å². The maximum absolute atomic E-state index is 12.0. The van der Waals surface area contributed by atoms with E-state index in [2.05, 4.69) is 5.10 Å². The van der Waals surface area contributed by atoms with Crippen molar-refractivity contribution in [3.8, 4) is 0 Å². The lowest BCUT2D eigenvalue weighted by atomic mass is 10.3. The minimum absolute atomic E-state index is 0.0353. The average molecular weight is 240 g/mol. The Morgan fingerprint density at radius 2 is 2.38 bits per heavy atom. The summed E-state index contributed by atoms with van der Waals surface area (Å²) in [4.78, 5) is 14.1. The van der Waals surface area contributed by atoms with Gasteiger partial charge >= 0.3 is 0 Å². The first-order chi connectivity index (χ1) is 7.54. The van der Waals surface area contributed by atoms with Gasteiger partial charge in [-0.3, -0.25) is 9.48 Å². The molecule has 0 aliphatic carbocycles. The number of nitrogens with two attached hydrogens (primary N) is 1. The standard InChI is InChI=1S/C10H16N4OS/c1-3-14(5-4-9(11)16)10(15)8-6-12-13(2)7-8/h6-7H,3-5H2,1-2H3,(H2,11,16). The van der Waals surface area contributed by atoms with Crippen LogP contribution in [0.3, 0.4) is 0 Å². The summed E-state index contributed by atoms with van der Waals surface area (Å²) in [5, 5.41) is 3.97. The van der Waals surface area contributed by atoms with Crippen molar-refractivity contribution in [1.82, 2.24) is 14.7 Å². The zero-order chi connectivity index (χ0) is 12.1. The van der Waals surface area contributed by atoms with Crippen LogP contribution in [0, 0.1) is 0 Å². The summed E-state index contributed by atoms with van der Waals surface area (Å²) >= 11 is 4.79. The minimum atomic E-state index is -0.0353. The molecule has 0 saturated heterocycles. The van der Waals surface area contributed by atoms with Crippen molar-refractivity contribution >= 4 is 23.1 Å². The van der Waals surface area contributed by atoms with Crippen molar-refractivity contribution < 1.29 is 4.79 Å². The molecular formula is C10H16N4OS. The predicted octanol–water partition coefficient (Wildman–Crippen LogP) is 0.558. The van der Waals surface area contributed by atoms with E-state index >= 15 is 0 Å². The molecule has 0 saturated carbocycles. The van der Waals surface area contributed by atoms with Crippen LogP contribution in [0.5, 0.6) is 0 Å². The molecule has 0 atom stereocenters. The van der Waals surface area contributed by atoms with Gasteiger partial charge in [0, 0.05) is 32.8 Å². The maximum Gasteiger partial charge on any atom is 0.257 e. The predicted molar refractivity (Wildman–Crippen MR) is 66.2 cm³/mol. The Kier molecular flexibility index (Phi) is 4.42. The Hall–Kier alpha value is -1.43. The van der Waals surface area contributed by atoms with Gasteiger partial charge in [-0.05, 0) is 6.92 Å². The molecule has 1 heterocycles. The summed E-state index contributed by atoms with van der Waals surface area (Å²) in [5.41, 5.74) is 6.01. The van der Waals surface area contributed by atoms with E-state index in [9.17, 15) is 4.79 Å². The van der Waals surface area contributed by atoms with Crippen LogP contribution in [0.15, 0.2) is 12.4 Å². The van der Waals surface area contributed by atoms with Gasteiger partial charge in [0.1, 0.15) is 0 Å². The highest BCUT2D eigenvalue weighted by molar-refractivity contribution is 7.80. The lowest BCUT2D eigenvalue weighted by Gasteiger charge is -2.19. The van der Waals surface area contributed by atoms with E-state index < -0.39 is 0 Å². The molecule has 16 heavy (non-hydrogen) atoms. The van der Waals surface area contributed by atoms with Gasteiger partial charge < -0.3 is 10.6 Å². The normalized spacial score (nSPS) is 10.1. The van der Waals surface area contributed by atoms with E-state index in [0.717, 1.165) is 0 Å². The Morgan fingerprint density at radius 3 is 2.81 bits per heavy atom. The van der Waals surface area contributed by atoms with Crippen LogP contribution in [0.2, 0.25) is 0 Å². The molecule has 1 aromatic rings. The Morgan fingerprint density at radius 1 is 1.69 bits per heavy atom. The SMILES string of the molecule is CCN(CCC(N)=S)C(=O)c1cnn(C)c1. The molecule has 5 nitrogen and oxygen atoms in total. The molecular weight excluding hydrogens is 224 g/mol. The zero-order valence-corrected chi connectivity index (χ0v) is 10.3. The second kappa shape index (κ2) is 5.60. The summed E-state index contributed by atoms with van der Waals surface area (Å²) in [6.45, 7) is 3.11. The van der Waals surface area contributed by atoms with Gasteiger partial charge in [0.05, 0.1) is 16.7 Å². The average Bonchev–Trinajstić information content (AvgIpc) is 2.65. The Labute approximate surface area is 100 Å². The van der Waals surface area contributed by atoms with Crippen LogP contribution in [0.25, 0.3) is 0 Å². The van der Waals surface area contributed by atoms with Gasteiger partial charge in [-0.2, -0.15) is 5.10 Å². The largest absolute Gasteiger partial charge is 0.393 e. The van der Waals surface area contributed by atoms with Gasteiger partial charge in [-0.1, -0.05) is 12.2 Å². The lowest BCUT2D eigenvalue weighted by molar-refractivity contribution is 0.0769. The van der Waals surface area contributed by atoms with E-state index in [0.29, 0.717) is 30.1 Å². The summed E-state index contributed by atoms with van der Waals surface area (Å²) in [6.07, 6.45) is 3.81. The number of aryl methyl sites for hydroxylation is 1. The van der Waals surface area contributed by atoms with Gasteiger partial charge in [-0.15, -0.1) is 0 Å². The number of nitrogens with zero attached hydrogens (tertiary/aromatic N) is 3. The number of thiocarbonyl (C=S) groups is 1. The number of rotatable bonds is 5. The lowest BCUT2D eigenvalue weighted by Crippen LogP contribution is -2.33. The number of aromatic nitrogens is 2. The zero-order valence-electron chi connectivity index (χ0n) is 9.51. The maximum atomic E-state index is 12.0. The van der Waals surface area contributed by atoms with Gasteiger partial charge in [-0.25, -0.2) is 0 Å². The van der Waals surface area contributed by atoms with E-state index in [1.54, 1.807) is 29.0 Å². The molecule has 1 rings (SSSR count). The fraction of sp³-hybridized carbons (Fsp3) is 0.500. The van der Waals surface area contributed by atoms with Gasteiger partial charge in [0.15, 0.2) is 0 Å². The topological polar surface area (TPSA) is 64.2 Å². The van der Waals surface area contributed by atoms with Crippen molar-refractivity contribution in [2.24, 2.45) is 12.8 Å². The first kappa shape index (κ1) is 12.6. The molecule has 0 aliphatic rings. The van der Waals surface area contributed by atoms with Crippen molar-refractivity contribution in [3.05, 3.63) is 18.0 Å². The van der Waals surface area contributed by atoms with Crippen LogP contribution >= 0.6 is 12.2 Å². The summed E-state index contributed by atoms with van der Waals surface area (Å²) < 4.78 is 1.61. The fourth-order valence-corrected chi connectivity index (χ4v) is 1.45. The highest BCUT2D eigenvalue weighted by Gasteiger charge is 2.15. The number of amides is 1. The van der Waals surface area contributed by atoms with Crippen LogP contribution < -0.4 is 5.73 Å². The van der Waals surface area contributed by atoms with E-state index in [1.165, 1.54) is 0 Å². The minimum Gasteiger partial charge on any atom is -0.393 e. The first-order valence-electron chi connectivity index (χ1n) is 5.10. The summed E-state index contributed by atoms with van der Waals surface area (Å²) in [6, 6.07) is 0. The van der Waals surface area contributed by atoms with Gasteiger partial charge in [0.25, 0.3) is 5.91 Å². The monoisotopic (exact) mass is 240 g/mol. The smallest absolute Gasteiger partial charge is 0.257 e. The van der Waals surface area contributed by atoms with E-state index in [1.807, 2.05) is 6.92 Å². The molecule has 2 N–H and O–H groups in total. The molecule has 1 amide bonds. The van der Waals surface area contributed by atoms with Crippen molar-refractivity contribution in [1.29, 1.82) is 0 Å². The molecule has 0 aliphatic heterocycles. The van der Waals surface area contributed by atoms with Crippen LogP contribution in [-0.2, 0) is 7.05 Å². The molecule has 1 aromatic heterocycles. The van der Waals surface area contributed by atoms with E-state index in [4.69, 9.17) is 18.0 Å². The van der Waals surface area contributed by atoms with Crippen LogP contribution in [0.1, 0.15) is 23.7 Å². The van der Waals surface area contributed by atoms with E-state index in [-0.39, 0.29) is 5.91 Å². The number of carbonyl (C=O) groups is 1. The molecule has 0 spiro atoms. The molecule has 0 bridgehead atoms. The summed E-state index contributed by atoms with van der Waals surface area (Å²) in [5.74, 6) is -0.0353. The number of hydrogen-bond donors (Lipinski definition) is 1. The molecule has 0 unspecified atom stereocenters. The summed E-state index contributed by atoms with van der Waals surface area (Å²) in [7, 11) is 1.78. The van der Waals surface area contributed by atoms with Crippen LogP contribution in [-0.4, -0.2) is 38.7 Å². The van der Waals surface area contributed by atoms with Crippen molar-refractivity contribution in [3.63, 3.8) is 0 Å². The highest BCUT2D eigenvalue weighted by Crippen LogP contribution is 2.04. The third-order valence-electron chi connectivity index (χ3n) is 2.25. The molecule has 0 radical (unpaired) electrons. The Bertz CT molecular complexity index is 388. The second-order valence-electron chi connectivity index (χ2n) is 3.50. The Balaban J connectivity index is 2.66. The molecule has 88 valence electrons. The molecule has 6 heteroatoms. The van der Waals surface area contributed by atoms with Crippen molar-refractivity contribution in [2.75, 3.05) is 13.1 Å². The quantitative estimate of drug-likeness (QED) is 0.764. The van der Waals surface area contributed by atoms with Gasteiger partial charge in [0.2, 0.25) is 0 Å². The first-order valence-corrected chi connectivity index (χ1v) is 5.51.